The van der Waals surface area contributed by atoms with Gasteiger partial charge in [-0.25, -0.2) is 0 Å². The summed E-state index contributed by atoms with van der Waals surface area (Å²) >= 11 is 11.1. The van der Waals surface area contributed by atoms with Crippen LogP contribution in [0, 0.1) is 0 Å². The van der Waals surface area contributed by atoms with Crippen LogP contribution in [0.15, 0.2) is 17.0 Å². The summed E-state index contributed by atoms with van der Waals surface area (Å²) in [5.74, 6) is 0. The maximum Gasteiger partial charge on any atom is 0.294 e. The van der Waals surface area contributed by atoms with Crippen LogP contribution in [0.25, 0.3) is 0 Å². The van der Waals surface area contributed by atoms with Gasteiger partial charge in [-0.1, -0.05) is 44.0 Å². The predicted octanol–water partition coefficient (Wildman–Crippen LogP) is 3.40. The lowest BCUT2D eigenvalue weighted by atomic mass is 10.2. The summed E-state index contributed by atoms with van der Waals surface area (Å²) in [6, 6.07) is 1.90. The molecular formula is C13H19Cl2NO4S. The van der Waals surface area contributed by atoms with Crippen LogP contribution in [-0.4, -0.2) is 43.8 Å². The molecule has 1 N–H and O–H groups in total. The van der Waals surface area contributed by atoms with Crippen molar-refractivity contribution in [2.45, 2.75) is 25.7 Å². The Labute approximate surface area is 135 Å². The highest BCUT2D eigenvalue weighted by molar-refractivity contribution is 7.85. The number of benzene rings is 1. The van der Waals surface area contributed by atoms with Gasteiger partial charge in [-0.2, -0.15) is 8.42 Å². The molecule has 0 bridgehead atoms. The molecule has 1 aromatic carbocycles. The quantitative estimate of drug-likeness (QED) is 0.647. The molecule has 0 spiro atoms. The molecule has 0 aliphatic heterocycles. The van der Waals surface area contributed by atoms with Crippen LogP contribution in [-0.2, 0) is 10.1 Å². The molecular weight excluding hydrogens is 337 g/mol. The monoisotopic (exact) mass is 355 g/mol. The lowest BCUT2D eigenvalue weighted by Gasteiger charge is -2.13. The van der Waals surface area contributed by atoms with Crippen molar-refractivity contribution in [1.29, 1.82) is 0 Å². The first-order chi connectivity index (χ1) is 9.70. The Kier molecular flexibility index (Phi) is 9.08. The van der Waals surface area contributed by atoms with Crippen molar-refractivity contribution in [3.8, 4) is 0 Å². The largest absolute Gasteiger partial charge is 0.304 e. The molecule has 0 radical (unpaired) electrons. The molecule has 0 saturated heterocycles. The Hall–Kier alpha value is -0.660. The van der Waals surface area contributed by atoms with E-state index in [1.54, 1.807) is 0 Å². The normalized spacial score (nSPS) is 11.0. The van der Waals surface area contributed by atoms with Crippen molar-refractivity contribution in [1.82, 2.24) is 4.90 Å². The van der Waals surface area contributed by atoms with Crippen LogP contribution in [0.3, 0.4) is 0 Å². The van der Waals surface area contributed by atoms with Crippen LogP contribution in [0.2, 0.25) is 10.0 Å². The molecule has 0 aromatic heterocycles. The first kappa shape index (κ1) is 20.3. The van der Waals surface area contributed by atoms with Crippen LogP contribution in [0.1, 0.15) is 31.1 Å². The summed E-state index contributed by atoms with van der Waals surface area (Å²) < 4.78 is 30.0. The third kappa shape index (κ3) is 6.76. The fourth-order valence-electron chi connectivity index (χ4n) is 1.49. The van der Waals surface area contributed by atoms with Crippen molar-refractivity contribution < 1.29 is 17.8 Å². The minimum atomic E-state index is -4.36. The Bertz CT molecular complexity index is 543. The van der Waals surface area contributed by atoms with Gasteiger partial charge >= 0.3 is 0 Å². The van der Waals surface area contributed by atoms with E-state index < -0.39 is 15.0 Å². The molecule has 0 aliphatic rings. The van der Waals surface area contributed by atoms with E-state index in [0.29, 0.717) is 6.29 Å². The highest BCUT2D eigenvalue weighted by atomic mass is 35.5. The summed E-state index contributed by atoms with van der Waals surface area (Å²) in [6.45, 7) is 10.1. The maximum absolute atomic E-state index is 10.7. The van der Waals surface area contributed by atoms with E-state index in [2.05, 4.69) is 25.7 Å². The zero-order chi connectivity index (χ0) is 16.6. The van der Waals surface area contributed by atoms with E-state index >= 15 is 0 Å². The molecule has 0 heterocycles. The van der Waals surface area contributed by atoms with Gasteiger partial charge in [-0.3, -0.25) is 9.35 Å². The van der Waals surface area contributed by atoms with Crippen LogP contribution < -0.4 is 0 Å². The van der Waals surface area contributed by atoms with Crippen LogP contribution >= 0.6 is 23.2 Å². The number of hydrogen-bond acceptors (Lipinski definition) is 4. The summed E-state index contributed by atoms with van der Waals surface area (Å²) in [5.41, 5.74) is -0.0132. The molecule has 1 aromatic rings. The van der Waals surface area contributed by atoms with E-state index in [0.717, 1.165) is 12.1 Å². The van der Waals surface area contributed by atoms with Gasteiger partial charge in [0.2, 0.25) is 0 Å². The number of nitrogens with zero attached hydrogens (tertiary/aromatic N) is 1. The molecule has 5 nitrogen and oxygen atoms in total. The summed E-state index contributed by atoms with van der Waals surface area (Å²) in [5, 5.41) is -0.250. The molecule has 0 saturated carbocycles. The predicted molar refractivity (Wildman–Crippen MR) is 85.1 cm³/mol. The molecule has 0 unspecified atom stereocenters. The average molecular weight is 356 g/mol. The van der Waals surface area contributed by atoms with Crippen molar-refractivity contribution in [3.63, 3.8) is 0 Å². The van der Waals surface area contributed by atoms with Crippen molar-refractivity contribution in [2.75, 3.05) is 19.6 Å². The van der Waals surface area contributed by atoms with E-state index in [1.807, 2.05) is 0 Å². The molecule has 0 fully saturated rings. The second-order valence-corrected chi connectivity index (χ2v) is 6.25. The van der Waals surface area contributed by atoms with Gasteiger partial charge in [0, 0.05) is 0 Å². The van der Waals surface area contributed by atoms with E-state index in [9.17, 15) is 13.2 Å². The van der Waals surface area contributed by atoms with E-state index in [4.69, 9.17) is 27.8 Å². The lowest BCUT2D eigenvalue weighted by molar-refractivity contribution is 0.112. The molecule has 1 rings (SSSR count). The van der Waals surface area contributed by atoms with E-state index in [1.165, 1.54) is 19.6 Å². The second kappa shape index (κ2) is 9.38. The minimum absolute atomic E-state index is 0.0132. The van der Waals surface area contributed by atoms with Crippen molar-refractivity contribution >= 4 is 39.6 Å². The number of aldehydes is 1. The van der Waals surface area contributed by atoms with Gasteiger partial charge in [-0.15, -0.1) is 0 Å². The number of hydrogen-bond donors (Lipinski definition) is 1. The Morgan fingerprint density at radius 1 is 1.10 bits per heavy atom. The molecule has 120 valence electrons. The van der Waals surface area contributed by atoms with Gasteiger partial charge in [0.05, 0.1) is 20.5 Å². The lowest BCUT2D eigenvalue weighted by Crippen LogP contribution is -2.21. The smallest absolute Gasteiger partial charge is 0.294 e. The first-order valence-electron chi connectivity index (χ1n) is 6.35. The zero-order valence-corrected chi connectivity index (χ0v) is 14.5. The Balaban J connectivity index is 0.000000486. The van der Waals surface area contributed by atoms with E-state index in [-0.39, 0.29) is 15.6 Å². The Morgan fingerprint density at radius 3 is 1.67 bits per heavy atom. The minimum Gasteiger partial charge on any atom is -0.304 e. The van der Waals surface area contributed by atoms with Crippen molar-refractivity contribution in [3.05, 3.63) is 27.7 Å². The van der Waals surface area contributed by atoms with Crippen LogP contribution in [0.4, 0.5) is 0 Å². The fourth-order valence-corrected chi connectivity index (χ4v) is 2.73. The molecule has 0 aliphatic carbocycles. The average Bonchev–Trinajstić information content (AvgIpc) is 2.40. The van der Waals surface area contributed by atoms with Gasteiger partial charge < -0.3 is 4.90 Å². The summed E-state index contributed by atoms with van der Waals surface area (Å²) in [4.78, 5) is 12.4. The highest BCUT2D eigenvalue weighted by Gasteiger charge is 2.15. The molecule has 8 heteroatoms. The number of carbonyl (C=O) groups excluding carboxylic acids is 1. The summed E-state index contributed by atoms with van der Waals surface area (Å²) in [7, 11) is -4.36. The summed E-state index contributed by atoms with van der Waals surface area (Å²) in [6.07, 6.45) is 0.401. The number of carbonyl (C=O) groups is 1. The first-order valence-corrected chi connectivity index (χ1v) is 8.54. The highest BCUT2D eigenvalue weighted by Crippen LogP contribution is 2.27. The molecule has 0 atom stereocenters. The SMILES string of the molecule is CCN(CC)CC.O=Cc1c(Cl)cc(S(=O)(=O)O)cc1Cl. The third-order valence-electron chi connectivity index (χ3n) is 2.81. The van der Waals surface area contributed by atoms with Gasteiger partial charge in [0.1, 0.15) is 0 Å². The third-order valence-corrected chi connectivity index (χ3v) is 4.27. The fraction of sp³-hybridized carbons (Fsp3) is 0.462. The standard InChI is InChI=1S/C7H4Cl2O4S.C6H15N/c8-6-1-4(14(11,12)13)2-7(9)5(6)3-10;1-4-7(5-2)6-3/h1-3H,(H,11,12,13);4-6H2,1-3H3. The topological polar surface area (TPSA) is 74.7 Å². The second-order valence-electron chi connectivity index (χ2n) is 4.01. The van der Waals surface area contributed by atoms with Crippen molar-refractivity contribution in [2.24, 2.45) is 0 Å². The number of rotatable bonds is 5. The maximum atomic E-state index is 10.7. The molecule has 21 heavy (non-hydrogen) atoms. The molecule has 0 amide bonds. The Morgan fingerprint density at radius 2 is 1.48 bits per heavy atom. The zero-order valence-electron chi connectivity index (χ0n) is 12.1. The number of halogens is 2. The van der Waals surface area contributed by atoms with Gasteiger partial charge in [-0.05, 0) is 31.8 Å². The van der Waals surface area contributed by atoms with Gasteiger partial charge in [0.25, 0.3) is 10.1 Å². The van der Waals surface area contributed by atoms with Gasteiger partial charge in [0.15, 0.2) is 6.29 Å². The van der Waals surface area contributed by atoms with Crippen LogP contribution in [0.5, 0.6) is 0 Å².